The van der Waals surface area contributed by atoms with Crippen LogP contribution in [0.4, 0.5) is 5.13 Å². The largest absolute Gasteiger partial charge is 0.302 e. The molecule has 0 unspecified atom stereocenters. The van der Waals surface area contributed by atoms with Crippen molar-refractivity contribution in [3.8, 4) is 11.3 Å². The van der Waals surface area contributed by atoms with Crippen molar-refractivity contribution in [1.82, 2.24) is 9.88 Å². The van der Waals surface area contributed by atoms with Crippen LogP contribution in [0.1, 0.15) is 30.4 Å². The van der Waals surface area contributed by atoms with E-state index in [-0.39, 0.29) is 42.5 Å². The zero-order valence-corrected chi connectivity index (χ0v) is 17.3. The van der Waals surface area contributed by atoms with Crippen LogP contribution in [0.25, 0.3) is 11.3 Å². The molecular weight excluding hydrogens is 386 g/mol. The summed E-state index contributed by atoms with van der Waals surface area (Å²) in [5.74, 6) is -1.06. The smallest absolute Gasteiger partial charge is 0.233 e. The van der Waals surface area contributed by atoms with E-state index in [9.17, 15) is 14.4 Å². The second-order valence-electron chi connectivity index (χ2n) is 7.62. The molecule has 1 saturated heterocycles. The molecule has 3 amide bonds. The summed E-state index contributed by atoms with van der Waals surface area (Å²) in [4.78, 5) is 43.0. The van der Waals surface area contributed by atoms with Gasteiger partial charge < -0.3 is 5.32 Å². The molecule has 6 nitrogen and oxygen atoms in total. The molecule has 0 bridgehead atoms. The highest BCUT2D eigenvalue weighted by Crippen LogP contribution is 2.35. The number of carbonyl (C=O) groups excluding carboxylic acids is 3. The number of rotatable bonds is 5. The first-order valence-electron chi connectivity index (χ1n) is 9.77. The van der Waals surface area contributed by atoms with Gasteiger partial charge in [0.25, 0.3) is 0 Å². The van der Waals surface area contributed by atoms with Crippen LogP contribution in [0.3, 0.4) is 0 Å². The van der Waals surface area contributed by atoms with Crippen molar-refractivity contribution in [3.63, 3.8) is 0 Å². The van der Waals surface area contributed by atoms with Crippen LogP contribution in [-0.4, -0.2) is 34.2 Å². The first kappa shape index (κ1) is 19.5. The number of anilines is 1. The lowest BCUT2D eigenvalue weighted by Crippen LogP contribution is -2.34. The molecule has 2 atom stereocenters. The molecule has 1 aliphatic heterocycles. The van der Waals surface area contributed by atoms with E-state index in [0.717, 1.165) is 11.3 Å². The number of benzene rings is 1. The van der Waals surface area contributed by atoms with Gasteiger partial charge in [-0.05, 0) is 43.9 Å². The number of hydrogen-bond acceptors (Lipinski definition) is 5. The van der Waals surface area contributed by atoms with Crippen LogP contribution < -0.4 is 5.32 Å². The number of thiazole rings is 1. The summed E-state index contributed by atoms with van der Waals surface area (Å²) in [5, 5.41) is 5.20. The third-order valence-corrected chi connectivity index (χ3v) is 6.47. The van der Waals surface area contributed by atoms with Gasteiger partial charge in [-0.15, -0.1) is 11.3 Å². The molecular formula is C22H23N3O3S. The Bertz CT molecular complexity index is 984. The SMILES string of the molecule is Cc1ccc(-c2csc(NC(=O)CCN3C(=O)[C@H]4CC=CC[C@H]4C3=O)n2)cc1C. The van der Waals surface area contributed by atoms with E-state index in [1.165, 1.54) is 27.4 Å². The summed E-state index contributed by atoms with van der Waals surface area (Å²) < 4.78 is 0. The fourth-order valence-electron chi connectivity index (χ4n) is 3.85. The number of hydrogen-bond donors (Lipinski definition) is 1. The molecule has 7 heteroatoms. The molecule has 1 fully saturated rings. The molecule has 1 aromatic heterocycles. The van der Waals surface area contributed by atoms with Crippen molar-refractivity contribution >= 4 is 34.2 Å². The van der Waals surface area contributed by atoms with Crippen LogP contribution in [0.2, 0.25) is 0 Å². The second kappa shape index (κ2) is 7.91. The minimum Gasteiger partial charge on any atom is -0.302 e. The van der Waals surface area contributed by atoms with Crippen molar-refractivity contribution in [2.75, 3.05) is 11.9 Å². The lowest BCUT2D eigenvalue weighted by molar-refractivity contribution is -0.140. The fraction of sp³-hybridized carbons (Fsp3) is 0.364. The zero-order valence-electron chi connectivity index (χ0n) is 16.5. The van der Waals surface area contributed by atoms with Gasteiger partial charge in [0, 0.05) is 23.9 Å². The maximum Gasteiger partial charge on any atom is 0.233 e. The maximum atomic E-state index is 12.5. The van der Waals surface area contributed by atoms with E-state index in [0.29, 0.717) is 18.0 Å². The van der Waals surface area contributed by atoms with Crippen molar-refractivity contribution in [1.29, 1.82) is 0 Å². The second-order valence-corrected chi connectivity index (χ2v) is 8.48. The van der Waals surface area contributed by atoms with Gasteiger partial charge in [-0.2, -0.15) is 0 Å². The lowest BCUT2D eigenvalue weighted by Gasteiger charge is -2.14. The number of likely N-dealkylation sites (tertiary alicyclic amines) is 1. The Kier molecular flexibility index (Phi) is 5.32. The number of imide groups is 1. The maximum absolute atomic E-state index is 12.5. The van der Waals surface area contributed by atoms with Crippen molar-refractivity contribution in [2.24, 2.45) is 11.8 Å². The lowest BCUT2D eigenvalue weighted by atomic mass is 9.85. The number of allylic oxidation sites excluding steroid dienone is 2. The molecule has 4 rings (SSSR count). The first-order valence-corrected chi connectivity index (χ1v) is 10.6. The monoisotopic (exact) mass is 409 g/mol. The van der Waals surface area contributed by atoms with E-state index in [2.05, 4.69) is 36.3 Å². The van der Waals surface area contributed by atoms with E-state index in [1.54, 1.807) is 0 Å². The summed E-state index contributed by atoms with van der Waals surface area (Å²) in [5.41, 5.74) is 4.24. The molecule has 0 radical (unpaired) electrons. The minimum absolute atomic E-state index is 0.0723. The van der Waals surface area contributed by atoms with Crippen molar-refractivity contribution < 1.29 is 14.4 Å². The third-order valence-electron chi connectivity index (χ3n) is 5.71. The summed E-state index contributed by atoms with van der Waals surface area (Å²) in [6, 6.07) is 6.15. The summed E-state index contributed by atoms with van der Waals surface area (Å²) in [6.45, 7) is 4.24. The third kappa shape index (κ3) is 3.87. The number of carbonyl (C=O) groups is 3. The quantitative estimate of drug-likeness (QED) is 0.603. The van der Waals surface area contributed by atoms with Gasteiger partial charge >= 0.3 is 0 Å². The van der Waals surface area contributed by atoms with Crippen LogP contribution in [0.15, 0.2) is 35.7 Å². The summed E-state index contributed by atoms with van der Waals surface area (Å²) in [7, 11) is 0. The number of aromatic nitrogens is 1. The molecule has 2 aromatic rings. The molecule has 150 valence electrons. The van der Waals surface area contributed by atoms with E-state index < -0.39 is 0 Å². The summed E-state index contributed by atoms with van der Waals surface area (Å²) >= 11 is 1.36. The fourth-order valence-corrected chi connectivity index (χ4v) is 4.58. The average Bonchev–Trinajstić information content (AvgIpc) is 3.26. The highest BCUT2D eigenvalue weighted by molar-refractivity contribution is 7.14. The number of nitrogens with one attached hydrogen (secondary N) is 1. The molecule has 1 aromatic carbocycles. The van der Waals surface area contributed by atoms with Gasteiger partial charge in [-0.25, -0.2) is 4.98 Å². The molecule has 1 aliphatic carbocycles. The van der Waals surface area contributed by atoms with Crippen LogP contribution in [0.5, 0.6) is 0 Å². The van der Waals surface area contributed by atoms with Gasteiger partial charge in [0.05, 0.1) is 17.5 Å². The molecule has 1 N–H and O–H groups in total. The Morgan fingerprint density at radius 3 is 2.48 bits per heavy atom. The Morgan fingerprint density at radius 2 is 1.83 bits per heavy atom. The average molecular weight is 410 g/mol. The molecule has 0 spiro atoms. The topological polar surface area (TPSA) is 79.4 Å². The van der Waals surface area contributed by atoms with E-state index >= 15 is 0 Å². The highest BCUT2D eigenvalue weighted by atomic mass is 32.1. The predicted octanol–water partition coefficient (Wildman–Crippen LogP) is 3.71. The minimum atomic E-state index is -0.255. The van der Waals surface area contributed by atoms with Crippen LogP contribution in [-0.2, 0) is 14.4 Å². The Morgan fingerprint density at radius 1 is 1.14 bits per heavy atom. The van der Waals surface area contributed by atoms with Gasteiger partial charge in [-0.1, -0.05) is 24.3 Å². The predicted molar refractivity (Wildman–Crippen MR) is 112 cm³/mol. The number of fused-ring (bicyclic) bond motifs is 1. The van der Waals surface area contributed by atoms with Gasteiger partial charge in [-0.3, -0.25) is 19.3 Å². The number of nitrogens with zero attached hydrogens (tertiary/aromatic N) is 2. The Labute approximate surface area is 173 Å². The van der Waals surface area contributed by atoms with E-state index in [1.807, 2.05) is 23.6 Å². The van der Waals surface area contributed by atoms with Gasteiger partial charge in [0.1, 0.15) is 0 Å². The number of aryl methyl sites for hydroxylation is 2. The van der Waals surface area contributed by atoms with Crippen molar-refractivity contribution in [3.05, 3.63) is 46.9 Å². The molecule has 2 aliphatic rings. The van der Waals surface area contributed by atoms with Gasteiger partial charge in [0.2, 0.25) is 17.7 Å². The van der Waals surface area contributed by atoms with Crippen LogP contribution in [0, 0.1) is 25.7 Å². The standard InChI is InChI=1S/C22H23N3O3S/c1-13-7-8-15(11-14(13)2)18-12-29-22(23-18)24-19(26)9-10-25-20(27)16-5-3-4-6-17(16)21(25)28/h3-4,7-8,11-12,16-17H,5-6,9-10H2,1-2H3,(H,23,24,26)/t16-,17+. The summed E-state index contributed by atoms with van der Waals surface area (Å²) in [6.07, 6.45) is 5.20. The zero-order chi connectivity index (χ0) is 20.5. The van der Waals surface area contributed by atoms with Crippen molar-refractivity contribution in [2.45, 2.75) is 33.1 Å². The first-order chi connectivity index (χ1) is 13.9. The molecule has 29 heavy (non-hydrogen) atoms. The normalized spacial score (nSPS) is 20.8. The molecule has 2 heterocycles. The molecule has 0 saturated carbocycles. The van der Waals surface area contributed by atoms with E-state index in [4.69, 9.17) is 0 Å². The Balaban J connectivity index is 1.35. The van der Waals surface area contributed by atoms with Gasteiger partial charge in [0.15, 0.2) is 5.13 Å². The number of amides is 3. The highest BCUT2D eigenvalue weighted by Gasteiger charge is 2.46. The van der Waals surface area contributed by atoms with Crippen LogP contribution >= 0.6 is 11.3 Å². The Hall–Kier alpha value is -2.80.